The fraction of sp³-hybridized carbons (Fsp3) is 0.400. The second-order valence-corrected chi connectivity index (χ2v) is 8.99. The molecule has 8 nitrogen and oxygen atoms in total. The molecule has 2 heterocycles. The van der Waals surface area contributed by atoms with E-state index in [0.29, 0.717) is 43.2 Å². The Hall–Kier alpha value is -3.69. The number of alkyl halides is 2. The van der Waals surface area contributed by atoms with Crippen LogP contribution in [0.1, 0.15) is 36.8 Å². The molecule has 0 radical (unpaired) electrons. The normalized spacial score (nSPS) is 19.2. The summed E-state index contributed by atoms with van der Waals surface area (Å²) in [5.41, 5.74) is 2.91. The Kier molecular flexibility index (Phi) is 6.52. The van der Waals surface area contributed by atoms with Crippen molar-refractivity contribution in [3.63, 3.8) is 0 Å². The lowest BCUT2D eigenvalue weighted by molar-refractivity contribution is -0.120. The lowest BCUT2D eigenvalue weighted by Gasteiger charge is -2.21. The molecule has 2 aromatic carbocycles. The van der Waals surface area contributed by atoms with Crippen molar-refractivity contribution in [3.8, 4) is 11.5 Å². The fourth-order valence-electron chi connectivity index (χ4n) is 4.23. The van der Waals surface area contributed by atoms with E-state index in [-0.39, 0.29) is 23.3 Å². The van der Waals surface area contributed by atoms with Crippen LogP contribution in [0, 0.1) is 5.92 Å². The molecule has 2 fully saturated rings. The van der Waals surface area contributed by atoms with Crippen molar-refractivity contribution in [2.24, 2.45) is 11.0 Å². The van der Waals surface area contributed by atoms with Gasteiger partial charge in [-0.05, 0) is 79.1 Å². The molecule has 184 valence electrons. The van der Waals surface area contributed by atoms with Crippen LogP contribution in [0.2, 0.25) is 0 Å². The molecule has 0 unspecified atom stereocenters. The third-order valence-corrected chi connectivity index (χ3v) is 6.24. The summed E-state index contributed by atoms with van der Waals surface area (Å²) < 4.78 is 35.8. The van der Waals surface area contributed by atoms with Gasteiger partial charge in [-0.1, -0.05) is 0 Å². The first kappa shape index (κ1) is 23.1. The maximum absolute atomic E-state index is 12.9. The summed E-state index contributed by atoms with van der Waals surface area (Å²) in [6, 6.07) is 9.59. The van der Waals surface area contributed by atoms with Gasteiger partial charge in [0.15, 0.2) is 11.5 Å². The summed E-state index contributed by atoms with van der Waals surface area (Å²) in [6.07, 6.45) is 5.51. The van der Waals surface area contributed by atoms with Crippen LogP contribution >= 0.6 is 0 Å². The van der Waals surface area contributed by atoms with E-state index in [4.69, 9.17) is 4.74 Å². The summed E-state index contributed by atoms with van der Waals surface area (Å²) in [5, 5.41) is 11.9. The summed E-state index contributed by atoms with van der Waals surface area (Å²) in [5.74, 6) is 0.461. The number of amides is 2. The van der Waals surface area contributed by atoms with Gasteiger partial charge in [-0.3, -0.25) is 14.6 Å². The number of carbonyl (C=O) groups excluding carboxylic acids is 2. The smallest absolute Gasteiger partial charge is 0.387 e. The minimum atomic E-state index is -2.94. The molecular weight excluding hydrogens is 458 g/mol. The van der Waals surface area contributed by atoms with E-state index in [2.05, 4.69) is 20.5 Å². The van der Waals surface area contributed by atoms with E-state index < -0.39 is 12.7 Å². The van der Waals surface area contributed by atoms with E-state index in [9.17, 15) is 18.4 Å². The van der Waals surface area contributed by atoms with Crippen LogP contribution in [0.3, 0.4) is 0 Å². The topological polar surface area (TPSA) is 92.3 Å². The molecule has 35 heavy (non-hydrogen) atoms. The number of benzene rings is 2. The first-order chi connectivity index (χ1) is 16.9. The van der Waals surface area contributed by atoms with Crippen molar-refractivity contribution < 1.29 is 27.8 Å². The van der Waals surface area contributed by atoms with Crippen LogP contribution in [0.4, 0.5) is 20.2 Å². The second kappa shape index (κ2) is 9.89. The molecule has 2 N–H and O–H groups in total. The Labute approximate surface area is 201 Å². The van der Waals surface area contributed by atoms with Crippen molar-refractivity contribution in [2.75, 3.05) is 23.8 Å². The molecule has 2 amide bonds. The monoisotopic (exact) mass is 484 g/mol. The number of carbonyl (C=O) groups is 2. The summed E-state index contributed by atoms with van der Waals surface area (Å²) >= 11 is 0. The second-order valence-electron chi connectivity index (χ2n) is 8.99. The SMILES string of the molecule is O=C1Cc2cc(NC(=O)[C@@H]3CCCN3/N=C/c3ccc(OC(F)F)c(OCC4CC4)c3)ccc2N1. The van der Waals surface area contributed by atoms with Crippen LogP contribution in [0.15, 0.2) is 41.5 Å². The zero-order valence-electron chi connectivity index (χ0n) is 19.0. The zero-order chi connectivity index (χ0) is 24.4. The van der Waals surface area contributed by atoms with Gasteiger partial charge in [0, 0.05) is 17.9 Å². The summed E-state index contributed by atoms with van der Waals surface area (Å²) in [4.78, 5) is 24.5. The minimum absolute atomic E-state index is 0.0116. The Balaban J connectivity index is 1.25. The number of nitrogens with one attached hydrogen (secondary N) is 2. The van der Waals surface area contributed by atoms with E-state index >= 15 is 0 Å². The van der Waals surface area contributed by atoms with Gasteiger partial charge in [0.25, 0.3) is 0 Å². The summed E-state index contributed by atoms with van der Waals surface area (Å²) in [6.45, 7) is -1.86. The van der Waals surface area contributed by atoms with Gasteiger partial charge >= 0.3 is 6.61 Å². The number of ether oxygens (including phenoxy) is 2. The van der Waals surface area contributed by atoms with Gasteiger partial charge in [0.05, 0.1) is 19.2 Å². The number of halogens is 2. The quantitative estimate of drug-likeness (QED) is 0.525. The molecule has 1 saturated heterocycles. The lowest BCUT2D eigenvalue weighted by Crippen LogP contribution is -2.36. The molecule has 1 atom stereocenters. The van der Waals surface area contributed by atoms with Gasteiger partial charge < -0.3 is 20.1 Å². The molecule has 1 aliphatic carbocycles. The highest BCUT2D eigenvalue weighted by Gasteiger charge is 2.30. The third-order valence-electron chi connectivity index (χ3n) is 6.24. The highest BCUT2D eigenvalue weighted by atomic mass is 19.3. The van der Waals surface area contributed by atoms with Gasteiger partial charge in [-0.25, -0.2) is 0 Å². The molecule has 1 saturated carbocycles. The molecule has 0 bridgehead atoms. The van der Waals surface area contributed by atoms with E-state index in [1.165, 1.54) is 6.07 Å². The standard InChI is InChI=1S/C25H26F2N4O4/c26-25(27)35-21-8-5-16(10-22(21)34-14-15-3-4-15)13-28-31-9-1-2-20(31)24(33)29-18-6-7-19-17(11-18)12-23(32)30-19/h5-8,10-11,13,15,20,25H,1-4,9,12,14H2,(H,29,33)(H,30,32)/b28-13+/t20-/m0/s1. The number of rotatable bonds is 9. The lowest BCUT2D eigenvalue weighted by atomic mass is 10.1. The van der Waals surface area contributed by atoms with Crippen LogP contribution in [-0.2, 0) is 16.0 Å². The molecule has 2 aromatic rings. The van der Waals surface area contributed by atoms with Crippen molar-refractivity contribution in [1.29, 1.82) is 0 Å². The minimum Gasteiger partial charge on any atom is -0.489 e. The first-order valence-corrected chi connectivity index (χ1v) is 11.7. The van der Waals surface area contributed by atoms with Gasteiger partial charge in [0.2, 0.25) is 11.8 Å². The molecular formula is C25H26F2N4O4. The maximum atomic E-state index is 12.9. The predicted octanol–water partition coefficient (Wildman–Crippen LogP) is 4.01. The molecule has 3 aliphatic rings. The Morgan fingerprint density at radius 3 is 2.86 bits per heavy atom. The summed E-state index contributed by atoms with van der Waals surface area (Å²) in [7, 11) is 0. The maximum Gasteiger partial charge on any atom is 0.387 e. The number of hydrogen-bond donors (Lipinski definition) is 2. The number of hydrogen-bond acceptors (Lipinski definition) is 6. The van der Waals surface area contributed by atoms with Crippen LogP contribution in [-0.4, -0.2) is 48.8 Å². The molecule has 2 aliphatic heterocycles. The number of fused-ring (bicyclic) bond motifs is 1. The Bertz CT molecular complexity index is 1150. The van der Waals surface area contributed by atoms with Crippen LogP contribution in [0.25, 0.3) is 0 Å². The fourth-order valence-corrected chi connectivity index (χ4v) is 4.23. The van der Waals surface area contributed by atoms with E-state index in [1.807, 2.05) is 0 Å². The van der Waals surface area contributed by atoms with Crippen molar-refractivity contribution in [1.82, 2.24) is 5.01 Å². The largest absolute Gasteiger partial charge is 0.489 e. The Morgan fingerprint density at radius 1 is 1.20 bits per heavy atom. The highest BCUT2D eigenvalue weighted by Crippen LogP contribution is 2.34. The van der Waals surface area contributed by atoms with E-state index in [1.54, 1.807) is 41.6 Å². The zero-order valence-corrected chi connectivity index (χ0v) is 19.0. The molecule has 10 heteroatoms. The Morgan fingerprint density at radius 2 is 2.06 bits per heavy atom. The number of nitrogens with zero attached hydrogens (tertiary/aromatic N) is 2. The van der Waals surface area contributed by atoms with Crippen molar-refractivity contribution in [2.45, 2.75) is 44.8 Å². The van der Waals surface area contributed by atoms with Gasteiger partial charge in [0.1, 0.15) is 6.04 Å². The highest BCUT2D eigenvalue weighted by molar-refractivity contribution is 6.01. The average Bonchev–Trinajstić information content (AvgIpc) is 3.39. The van der Waals surface area contributed by atoms with Crippen molar-refractivity contribution in [3.05, 3.63) is 47.5 Å². The third kappa shape index (κ3) is 5.70. The molecule has 0 spiro atoms. The predicted molar refractivity (Wildman–Crippen MR) is 126 cm³/mol. The van der Waals surface area contributed by atoms with Crippen LogP contribution in [0.5, 0.6) is 11.5 Å². The molecule has 0 aromatic heterocycles. The number of anilines is 2. The molecule has 5 rings (SSSR count). The number of hydrazone groups is 1. The van der Waals surface area contributed by atoms with E-state index in [0.717, 1.165) is 30.5 Å². The first-order valence-electron chi connectivity index (χ1n) is 11.7. The average molecular weight is 485 g/mol. The van der Waals surface area contributed by atoms with Crippen LogP contribution < -0.4 is 20.1 Å². The van der Waals surface area contributed by atoms with Gasteiger partial charge in [-0.2, -0.15) is 13.9 Å². The van der Waals surface area contributed by atoms with Crippen molar-refractivity contribution >= 4 is 29.4 Å². The van der Waals surface area contributed by atoms with Gasteiger partial charge in [-0.15, -0.1) is 0 Å².